The van der Waals surface area contributed by atoms with Crippen molar-refractivity contribution in [3.63, 3.8) is 0 Å². The summed E-state index contributed by atoms with van der Waals surface area (Å²) in [5.74, 6) is 1.36. The van der Waals surface area contributed by atoms with E-state index in [1.807, 2.05) is 0 Å². The highest BCUT2D eigenvalue weighted by Crippen LogP contribution is 2.21. The summed E-state index contributed by atoms with van der Waals surface area (Å²) < 4.78 is 1.76. The number of halogens is 1. The lowest BCUT2D eigenvalue weighted by Gasteiger charge is -2.31. The normalized spacial score (nSPS) is 17.1. The second-order valence-corrected chi connectivity index (χ2v) is 5.48. The van der Waals surface area contributed by atoms with Gasteiger partial charge in [0.2, 0.25) is 0 Å². The molecule has 0 unspecified atom stereocenters. The molecule has 4 nitrogen and oxygen atoms in total. The van der Waals surface area contributed by atoms with Gasteiger partial charge in [0, 0.05) is 37.4 Å². The van der Waals surface area contributed by atoms with E-state index in [0.29, 0.717) is 5.82 Å². The van der Waals surface area contributed by atoms with Crippen LogP contribution in [-0.2, 0) is 6.54 Å². The Labute approximate surface area is 116 Å². The van der Waals surface area contributed by atoms with Gasteiger partial charge in [0.05, 0.1) is 0 Å². The van der Waals surface area contributed by atoms with Gasteiger partial charge in [0.1, 0.15) is 0 Å². The Morgan fingerprint density at radius 2 is 2.17 bits per heavy atom. The van der Waals surface area contributed by atoms with E-state index in [4.69, 9.17) is 0 Å². The van der Waals surface area contributed by atoms with Gasteiger partial charge in [0.15, 0.2) is 5.82 Å². The SMILES string of the molecule is CCCn1ccnc(N2CCC(CBr)CC2)c1=O. The zero-order valence-electron chi connectivity index (χ0n) is 10.8. The van der Waals surface area contributed by atoms with Crippen LogP contribution < -0.4 is 10.5 Å². The summed E-state index contributed by atoms with van der Waals surface area (Å²) in [7, 11) is 0. The fourth-order valence-corrected chi connectivity index (χ4v) is 3.02. The average molecular weight is 314 g/mol. The lowest BCUT2D eigenvalue weighted by atomic mass is 9.99. The number of aryl methyl sites for hydroxylation is 1. The number of alkyl halides is 1. The molecule has 0 spiro atoms. The van der Waals surface area contributed by atoms with Gasteiger partial charge in [-0.3, -0.25) is 4.79 Å². The van der Waals surface area contributed by atoms with Crippen LogP contribution in [0.5, 0.6) is 0 Å². The maximum Gasteiger partial charge on any atom is 0.293 e. The highest BCUT2D eigenvalue weighted by Gasteiger charge is 2.21. The van der Waals surface area contributed by atoms with Gasteiger partial charge in [-0.15, -0.1) is 0 Å². The number of piperidine rings is 1. The van der Waals surface area contributed by atoms with Crippen LogP contribution in [0.25, 0.3) is 0 Å². The Balaban J connectivity index is 2.14. The number of anilines is 1. The first kappa shape index (κ1) is 13.6. The molecular formula is C13H20BrN3O. The molecule has 5 heteroatoms. The minimum atomic E-state index is 0.0524. The Bertz CT molecular complexity index is 438. The van der Waals surface area contributed by atoms with E-state index in [2.05, 4.69) is 32.7 Å². The first-order valence-electron chi connectivity index (χ1n) is 6.62. The Morgan fingerprint density at radius 1 is 1.44 bits per heavy atom. The van der Waals surface area contributed by atoms with E-state index in [0.717, 1.165) is 50.1 Å². The Hall–Kier alpha value is -0.840. The molecule has 18 heavy (non-hydrogen) atoms. The average Bonchev–Trinajstić information content (AvgIpc) is 2.42. The molecule has 1 fully saturated rings. The van der Waals surface area contributed by atoms with E-state index in [-0.39, 0.29) is 5.56 Å². The largest absolute Gasteiger partial charge is 0.352 e. The number of hydrogen-bond donors (Lipinski definition) is 0. The van der Waals surface area contributed by atoms with Crippen molar-refractivity contribution >= 4 is 21.7 Å². The van der Waals surface area contributed by atoms with E-state index in [1.165, 1.54) is 0 Å². The van der Waals surface area contributed by atoms with Gasteiger partial charge in [-0.25, -0.2) is 4.98 Å². The third-order valence-corrected chi connectivity index (χ3v) is 4.41. The molecule has 1 aliphatic rings. The highest BCUT2D eigenvalue weighted by molar-refractivity contribution is 9.09. The summed E-state index contributed by atoms with van der Waals surface area (Å²) in [4.78, 5) is 18.7. The minimum absolute atomic E-state index is 0.0524. The molecule has 2 rings (SSSR count). The van der Waals surface area contributed by atoms with Crippen molar-refractivity contribution in [2.45, 2.75) is 32.7 Å². The topological polar surface area (TPSA) is 38.1 Å². The van der Waals surface area contributed by atoms with Gasteiger partial charge in [-0.1, -0.05) is 22.9 Å². The quantitative estimate of drug-likeness (QED) is 0.800. The van der Waals surface area contributed by atoms with Gasteiger partial charge in [-0.05, 0) is 25.2 Å². The molecule has 0 radical (unpaired) electrons. The van der Waals surface area contributed by atoms with Crippen molar-refractivity contribution in [3.05, 3.63) is 22.7 Å². The molecule has 1 aromatic rings. The minimum Gasteiger partial charge on any atom is -0.352 e. The standard InChI is InChI=1S/C13H20BrN3O/c1-2-6-17-9-5-15-12(13(17)18)16-7-3-11(10-14)4-8-16/h5,9,11H,2-4,6-8,10H2,1H3. The summed E-state index contributed by atoms with van der Waals surface area (Å²) in [6.45, 7) is 4.73. The molecule has 1 aromatic heterocycles. The summed E-state index contributed by atoms with van der Waals surface area (Å²) in [6, 6.07) is 0. The van der Waals surface area contributed by atoms with Gasteiger partial charge in [-0.2, -0.15) is 0 Å². The predicted octanol–water partition coefficient (Wildman–Crippen LogP) is 2.26. The molecule has 1 saturated heterocycles. The molecule has 0 bridgehead atoms. The fourth-order valence-electron chi connectivity index (χ4n) is 2.37. The second kappa shape index (κ2) is 6.36. The zero-order chi connectivity index (χ0) is 13.0. The fraction of sp³-hybridized carbons (Fsp3) is 0.692. The summed E-state index contributed by atoms with van der Waals surface area (Å²) in [6.07, 6.45) is 6.75. The number of rotatable bonds is 4. The van der Waals surface area contributed by atoms with E-state index in [1.54, 1.807) is 17.0 Å². The Morgan fingerprint density at radius 3 is 2.78 bits per heavy atom. The van der Waals surface area contributed by atoms with Crippen molar-refractivity contribution in [1.82, 2.24) is 9.55 Å². The summed E-state index contributed by atoms with van der Waals surface area (Å²) >= 11 is 3.53. The van der Waals surface area contributed by atoms with Crippen LogP contribution in [0.15, 0.2) is 17.2 Å². The molecule has 0 atom stereocenters. The van der Waals surface area contributed by atoms with Crippen LogP contribution >= 0.6 is 15.9 Å². The van der Waals surface area contributed by atoms with E-state index in [9.17, 15) is 4.79 Å². The third-order valence-electron chi connectivity index (χ3n) is 3.49. The smallest absolute Gasteiger partial charge is 0.293 e. The van der Waals surface area contributed by atoms with Crippen molar-refractivity contribution in [1.29, 1.82) is 0 Å². The molecule has 0 saturated carbocycles. The van der Waals surface area contributed by atoms with Gasteiger partial charge in [0.25, 0.3) is 5.56 Å². The highest BCUT2D eigenvalue weighted by atomic mass is 79.9. The molecule has 0 aromatic carbocycles. The van der Waals surface area contributed by atoms with Crippen LogP contribution in [0.4, 0.5) is 5.82 Å². The summed E-state index contributed by atoms with van der Waals surface area (Å²) in [5, 5.41) is 1.06. The third kappa shape index (κ3) is 2.94. The maximum atomic E-state index is 12.3. The van der Waals surface area contributed by atoms with Crippen molar-refractivity contribution in [2.24, 2.45) is 5.92 Å². The number of aromatic nitrogens is 2. The van der Waals surface area contributed by atoms with Gasteiger partial charge < -0.3 is 9.47 Å². The molecule has 2 heterocycles. The van der Waals surface area contributed by atoms with Crippen molar-refractivity contribution < 1.29 is 0 Å². The molecular weight excluding hydrogens is 294 g/mol. The van der Waals surface area contributed by atoms with Crippen molar-refractivity contribution in [3.8, 4) is 0 Å². The van der Waals surface area contributed by atoms with Crippen LogP contribution in [0.1, 0.15) is 26.2 Å². The predicted molar refractivity (Wildman–Crippen MR) is 77.5 cm³/mol. The molecule has 100 valence electrons. The van der Waals surface area contributed by atoms with Crippen molar-refractivity contribution in [2.75, 3.05) is 23.3 Å². The monoisotopic (exact) mass is 313 g/mol. The van der Waals surface area contributed by atoms with Crippen LogP contribution in [0.2, 0.25) is 0 Å². The lowest BCUT2D eigenvalue weighted by Crippen LogP contribution is -2.39. The summed E-state index contributed by atoms with van der Waals surface area (Å²) in [5.41, 5.74) is 0.0524. The lowest BCUT2D eigenvalue weighted by molar-refractivity contribution is 0.443. The first-order chi connectivity index (χ1) is 8.76. The van der Waals surface area contributed by atoms with Crippen LogP contribution in [0, 0.1) is 5.92 Å². The first-order valence-corrected chi connectivity index (χ1v) is 7.74. The number of nitrogens with zero attached hydrogens (tertiary/aromatic N) is 3. The maximum absolute atomic E-state index is 12.3. The molecule has 0 aliphatic carbocycles. The van der Waals surface area contributed by atoms with Crippen LogP contribution in [-0.4, -0.2) is 28.0 Å². The molecule has 0 N–H and O–H groups in total. The molecule has 0 amide bonds. The zero-order valence-corrected chi connectivity index (χ0v) is 12.4. The Kier molecular flexibility index (Phi) is 4.80. The van der Waals surface area contributed by atoms with Gasteiger partial charge >= 0.3 is 0 Å². The molecule has 1 aliphatic heterocycles. The number of hydrogen-bond acceptors (Lipinski definition) is 3. The second-order valence-electron chi connectivity index (χ2n) is 4.83. The van der Waals surface area contributed by atoms with E-state index < -0.39 is 0 Å². The van der Waals surface area contributed by atoms with Crippen LogP contribution in [0.3, 0.4) is 0 Å². The van der Waals surface area contributed by atoms with E-state index >= 15 is 0 Å².